The number of likely N-dealkylation sites (N-methyl/N-ethyl adjacent to an activating group) is 1. The number of unbranched alkanes of at least 4 members (excludes halogenated alkanes) is 2. The summed E-state index contributed by atoms with van der Waals surface area (Å²) in [5.74, 6) is 0.337. The Hall–Kier alpha value is -2.02. The van der Waals surface area contributed by atoms with E-state index in [1.165, 1.54) is 5.69 Å². The predicted octanol–water partition coefficient (Wildman–Crippen LogP) is 2.76. The molecule has 4 rings (SSSR count). The molecule has 2 heterocycles. The molecule has 2 aromatic rings. The largest absolute Gasteiger partial charge is 0.389 e. The van der Waals surface area contributed by atoms with Crippen molar-refractivity contribution < 1.29 is 14.7 Å². The van der Waals surface area contributed by atoms with Gasteiger partial charge >= 0.3 is 0 Å². The summed E-state index contributed by atoms with van der Waals surface area (Å²) in [6.45, 7) is 5.66. The van der Waals surface area contributed by atoms with Gasteiger partial charge < -0.3 is 19.5 Å². The van der Waals surface area contributed by atoms with Crippen molar-refractivity contribution in [2.45, 2.75) is 45.1 Å². The van der Waals surface area contributed by atoms with Gasteiger partial charge in [0, 0.05) is 73.8 Å². The third kappa shape index (κ3) is 4.92. The number of hydrogen-bond donors (Lipinski definition) is 1. The second kappa shape index (κ2) is 10.1. The summed E-state index contributed by atoms with van der Waals surface area (Å²) < 4.78 is 2.35. The molecule has 2 aliphatic rings. The lowest BCUT2D eigenvalue weighted by Gasteiger charge is -2.35. The van der Waals surface area contributed by atoms with E-state index in [1.54, 1.807) is 0 Å². The monoisotopic (exact) mass is 425 g/mol. The second-order valence-electron chi connectivity index (χ2n) is 9.20. The molecule has 1 aromatic carbocycles. The van der Waals surface area contributed by atoms with Crippen LogP contribution >= 0.6 is 0 Å². The van der Waals surface area contributed by atoms with E-state index in [4.69, 9.17) is 5.11 Å². The zero-order valence-corrected chi connectivity index (χ0v) is 18.7. The van der Waals surface area contributed by atoms with Crippen molar-refractivity contribution in [3.63, 3.8) is 0 Å². The van der Waals surface area contributed by atoms with E-state index < -0.39 is 0 Å². The van der Waals surface area contributed by atoms with Crippen LogP contribution in [0.5, 0.6) is 0 Å². The maximum atomic E-state index is 13.6. The van der Waals surface area contributed by atoms with Crippen LogP contribution in [0.1, 0.15) is 48.2 Å². The smallest absolute Gasteiger partial charge is 0.169 e. The molecule has 1 aromatic heterocycles. The molecule has 1 fully saturated rings. The molecule has 1 unspecified atom stereocenters. The van der Waals surface area contributed by atoms with Crippen molar-refractivity contribution in [2.24, 2.45) is 5.92 Å². The fraction of sp³-hybridized carbons (Fsp3) is 0.600. The Morgan fingerprint density at radius 1 is 1.10 bits per heavy atom. The van der Waals surface area contributed by atoms with Gasteiger partial charge in [0.15, 0.2) is 11.6 Å². The number of Topliss-reactive ketones (excluding diaryl/α,β-unsaturated/α-hetero) is 2. The molecule has 168 valence electrons. The van der Waals surface area contributed by atoms with Crippen LogP contribution in [-0.2, 0) is 17.8 Å². The number of aliphatic hydroxyl groups excluding tert-OH is 1. The molecule has 6 nitrogen and oxygen atoms in total. The first kappa shape index (κ1) is 22.2. The highest BCUT2D eigenvalue weighted by atomic mass is 16.3. The lowest BCUT2D eigenvalue weighted by Crippen LogP contribution is -2.47. The van der Waals surface area contributed by atoms with E-state index in [-0.39, 0.29) is 18.3 Å². The van der Waals surface area contributed by atoms with Crippen molar-refractivity contribution in [3.05, 3.63) is 35.5 Å². The van der Waals surface area contributed by atoms with Crippen LogP contribution in [0.3, 0.4) is 0 Å². The molecule has 0 radical (unpaired) electrons. The van der Waals surface area contributed by atoms with Gasteiger partial charge in [0.2, 0.25) is 0 Å². The molecule has 6 heteroatoms. The van der Waals surface area contributed by atoms with E-state index in [0.717, 1.165) is 87.8 Å². The molecule has 0 bridgehead atoms. The van der Waals surface area contributed by atoms with Crippen LogP contribution in [0.2, 0.25) is 0 Å². The molecule has 0 spiro atoms. The molecule has 1 aliphatic heterocycles. The molecule has 1 saturated heterocycles. The first-order valence-corrected chi connectivity index (χ1v) is 11.8. The van der Waals surface area contributed by atoms with E-state index in [0.29, 0.717) is 12.2 Å². The summed E-state index contributed by atoms with van der Waals surface area (Å²) in [5.41, 5.74) is 3.32. The van der Waals surface area contributed by atoms with Crippen molar-refractivity contribution in [1.29, 1.82) is 0 Å². The van der Waals surface area contributed by atoms with Gasteiger partial charge in [0.25, 0.3) is 0 Å². The number of hydrogen-bond acceptors (Lipinski definition) is 5. The van der Waals surface area contributed by atoms with Gasteiger partial charge in [0.1, 0.15) is 6.61 Å². The quantitative estimate of drug-likeness (QED) is 0.626. The van der Waals surface area contributed by atoms with Gasteiger partial charge in [0.05, 0.1) is 0 Å². The summed E-state index contributed by atoms with van der Waals surface area (Å²) in [6.07, 6.45) is 5.08. The fourth-order valence-electron chi connectivity index (χ4n) is 5.16. The number of ketones is 2. The molecule has 1 N–H and O–H groups in total. The van der Waals surface area contributed by atoms with Crippen LogP contribution in [0, 0.1) is 5.92 Å². The minimum absolute atomic E-state index is 0.0826. The third-order valence-corrected chi connectivity index (χ3v) is 7.01. The van der Waals surface area contributed by atoms with Crippen LogP contribution in [-0.4, -0.2) is 77.4 Å². The summed E-state index contributed by atoms with van der Waals surface area (Å²) in [7, 11) is 2.16. The number of carbonyl (C=O) groups is 2. The topological polar surface area (TPSA) is 65.8 Å². The van der Waals surface area contributed by atoms with E-state index >= 15 is 0 Å². The predicted molar refractivity (Wildman–Crippen MR) is 123 cm³/mol. The number of benzene rings is 1. The summed E-state index contributed by atoms with van der Waals surface area (Å²) in [5, 5.41) is 9.96. The first-order chi connectivity index (χ1) is 15.1. The van der Waals surface area contributed by atoms with Crippen molar-refractivity contribution in [1.82, 2.24) is 14.4 Å². The number of para-hydroxylation sites is 1. The number of aliphatic hydroxyl groups is 1. The molecule has 31 heavy (non-hydrogen) atoms. The average Bonchev–Trinajstić information content (AvgIpc) is 3.11. The first-order valence-electron chi connectivity index (χ1n) is 11.8. The van der Waals surface area contributed by atoms with Gasteiger partial charge in [-0.1, -0.05) is 24.6 Å². The van der Waals surface area contributed by atoms with Crippen LogP contribution in [0.15, 0.2) is 24.3 Å². The standard InChI is InChI=1S/C25H35N3O3/c1-26-13-15-27(16-14-26)17-19-10-11-23-24(25(19)31)21-8-4-5-9-22(21)28(23)12-6-2-3-7-20(30)18-29/h4-5,8-9,19,29H,2-3,6-7,10-18H2,1H3. The van der Waals surface area contributed by atoms with E-state index in [1.807, 2.05) is 6.07 Å². The van der Waals surface area contributed by atoms with E-state index in [2.05, 4.69) is 39.6 Å². The molecule has 1 aliphatic carbocycles. The zero-order chi connectivity index (χ0) is 21.8. The van der Waals surface area contributed by atoms with Crippen LogP contribution < -0.4 is 0 Å². The Labute approximate surface area is 184 Å². The average molecular weight is 426 g/mol. The number of aromatic nitrogens is 1. The van der Waals surface area contributed by atoms with Crippen molar-refractivity contribution in [2.75, 3.05) is 46.4 Å². The Morgan fingerprint density at radius 2 is 1.87 bits per heavy atom. The van der Waals surface area contributed by atoms with Gasteiger partial charge in [-0.25, -0.2) is 0 Å². The fourth-order valence-corrected chi connectivity index (χ4v) is 5.16. The van der Waals surface area contributed by atoms with Gasteiger partial charge in [-0.2, -0.15) is 0 Å². The molecule has 0 amide bonds. The Morgan fingerprint density at radius 3 is 2.65 bits per heavy atom. The molecular formula is C25H35N3O3. The van der Waals surface area contributed by atoms with Gasteiger partial charge in [-0.15, -0.1) is 0 Å². The van der Waals surface area contributed by atoms with Crippen LogP contribution in [0.4, 0.5) is 0 Å². The van der Waals surface area contributed by atoms with Crippen molar-refractivity contribution in [3.8, 4) is 0 Å². The minimum Gasteiger partial charge on any atom is -0.389 e. The third-order valence-electron chi connectivity index (χ3n) is 7.01. The lowest BCUT2D eigenvalue weighted by molar-refractivity contribution is -0.121. The highest BCUT2D eigenvalue weighted by Gasteiger charge is 2.33. The number of rotatable bonds is 9. The lowest BCUT2D eigenvalue weighted by atomic mass is 9.84. The number of piperazine rings is 1. The number of carbonyl (C=O) groups excluding carboxylic acids is 2. The molecule has 1 atom stereocenters. The Bertz CT molecular complexity index is 927. The summed E-state index contributed by atoms with van der Waals surface area (Å²) in [4.78, 5) is 29.7. The summed E-state index contributed by atoms with van der Waals surface area (Å²) >= 11 is 0. The van der Waals surface area contributed by atoms with Gasteiger partial charge in [-0.3, -0.25) is 9.59 Å². The maximum Gasteiger partial charge on any atom is 0.169 e. The number of aryl methyl sites for hydroxylation is 1. The number of nitrogens with zero attached hydrogens (tertiary/aromatic N) is 3. The summed E-state index contributed by atoms with van der Waals surface area (Å²) in [6, 6.07) is 8.31. The maximum absolute atomic E-state index is 13.6. The van der Waals surface area contributed by atoms with Crippen LogP contribution in [0.25, 0.3) is 10.9 Å². The Balaban J connectivity index is 1.47. The SMILES string of the molecule is CN1CCN(CC2CCc3c(c4ccccc4n3CCCCCC(=O)CO)C2=O)CC1. The Kier molecular flexibility index (Phi) is 7.20. The molecular weight excluding hydrogens is 390 g/mol. The number of fused-ring (bicyclic) bond motifs is 3. The second-order valence-corrected chi connectivity index (χ2v) is 9.20. The van der Waals surface area contributed by atoms with E-state index in [9.17, 15) is 9.59 Å². The molecule has 0 saturated carbocycles. The zero-order valence-electron chi connectivity index (χ0n) is 18.7. The minimum atomic E-state index is -0.354. The normalized spacial score (nSPS) is 20.3. The van der Waals surface area contributed by atoms with Crippen molar-refractivity contribution >= 4 is 22.5 Å². The highest BCUT2D eigenvalue weighted by Crippen LogP contribution is 2.35. The highest BCUT2D eigenvalue weighted by molar-refractivity contribution is 6.11. The van der Waals surface area contributed by atoms with Gasteiger partial charge in [-0.05, 0) is 38.8 Å².